The maximum Gasteiger partial charge on any atom is 0.0654 e. The lowest BCUT2D eigenvalue weighted by atomic mass is 9.83. The van der Waals surface area contributed by atoms with Gasteiger partial charge in [-0.15, -0.1) is 11.6 Å². The van der Waals surface area contributed by atoms with Crippen LogP contribution >= 0.6 is 11.6 Å². The van der Waals surface area contributed by atoms with Crippen molar-refractivity contribution in [3.05, 3.63) is 0 Å². The van der Waals surface area contributed by atoms with Crippen LogP contribution in [0.15, 0.2) is 0 Å². The van der Waals surface area contributed by atoms with Crippen LogP contribution in [0.4, 0.5) is 0 Å². The van der Waals surface area contributed by atoms with Crippen molar-refractivity contribution in [1.82, 2.24) is 0 Å². The van der Waals surface area contributed by atoms with Gasteiger partial charge in [-0.1, -0.05) is 45.4 Å². The maximum atomic E-state index is 5.94. The molecule has 0 aromatic rings. The summed E-state index contributed by atoms with van der Waals surface area (Å²) < 4.78 is 5.94. The van der Waals surface area contributed by atoms with E-state index in [0.717, 1.165) is 18.9 Å². The van der Waals surface area contributed by atoms with Crippen molar-refractivity contribution in [3.63, 3.8) is 0 Å². The molecular formula is C17H35ClO. The third-order valence-corrected chi connectivity index (χ3v) is 4.36. The van der Waals surface area contributed by atoms with E-state index in [1.54, 1.807) is 0 Å². The van der Waals surface area contributed by atoms with Gasteiger partial charge in [-0.05, 0) is 46.0 Å². The molecule has 0 amide bonds. The van der Waals surface area contributed by atoms with Crippen LogP contribution in [0.2, 0.25) is 0 Å². The molecule has 116 valence electrons. The lowest BCUT2D eigenvalue weighted by molar-refractivity contribution is -0.0600. The summed E-state index contributed by atoms with van der Waals surface area (Å²) in [5, 5.41) is 0. The zero-order valence-corrected chi connectivity index (χ0v) is 14.4. The van der Waals surface area contributed by atoms with E-state index in [1.807, 2.05) is 0 Å². The van der Waals surface area contributed by atoms with Crippen molar-refractivity contribution in [2.75, 3.05) is 12.5 Å². The fourth-order valence-electron chi connectivity index (χ4n) is 2.82. The minimum atomic E-state index is 0.00419. The Morgan fingerprint density at radius 1 is 0.895 bits per heavy atom. The normalized spacial score (nSPS) is 13.7. The van der Waals surface area contributed by atoms with Gasteiger partial charge < -0.3 is 4.74 Å². The predicted molar refractivity (Wildman–Crippen MR) is 87.1 cm³/mol. The van der Waals surface area contributed by atoms with Crippen LogP contribution in [0.5, 0.6) is 0 Å². The van der Waals surface area contributed by atoms with Gasteiger partial charge >= 0.3 is 0 Å². The molecular weight excluding hydrogens is 256 g/mol. The molecule has 0 rings (SSSR count). The van der Waals surface area contributed by atoms with E-state index in [1.165, 1.54) is 51.4 Å². The van der Waals surface area contributed by atoms with Crippen molar-refractivity contribution < 1.29 is 4.74 Å². The first-order valence-corrected chi connectivity index (χ1v) is 8.81. The van der Waals surface area contributed by atoms with Crippen LogP contribution in [0, 0.1) is 5.92 Å². The maximum absolute atomic E-state index is 5.94. The summed E-state index contributed by atoms with van der Waals surface area (Å²) >= 11 is 5.85. The third-order valence-electron chi connectivity index (χ3n) is 4.09. The molecule has 0 saturated heterocycles. The quantitative estimate of drug-likeness (QED) is 0.290. The smallest absolute Gasteiger partial charge is 0.0654 e. The second-order valence-corrected chi connectivity index (χ2v) is 6.50. The van der Waals surface area contributed by atoms with Crippen LogP contribution in [0.25, 0.3) is 0 Å². The monoisotopic (exact) mass is 290 g/mol. The van der Waals surface area contributed by atoms with Crippen LogP contribution in [-0.4, -0.2) is 18.1 Å². The zero-order valence-electron chi connectivity index (χ0n) is 13.6. The zero-order chi connectivity index (χ0) is 14.6. The number of rotatable bonds is 13. The molecule has 0 heterocycles. The number of hydrogen-bond donors (Lipinski definition) is 0. The summed E-state index contributed by atoms with van der Waals surface area (Å²) in [4.78, 5) is 0. The first kappa shape index (κ1) is 19.2. The lowest BCUT2D eigenvalue weighted by Gasteiger charge is -2.34. The molecule has 0 aliphatic carbocycles. The highest BCUT2D eigenvalue weighted by Crippen LogP contribution is 2.30. The van der Waals surface area contributed by atoms with E-state index in [2.05, 4.69) is 27.7 Å². The van der Waals surface area contributed by atoms with E-state index in [-0.39, 0.29) is 5.60 Å². The van der Waals surface area contributed by atoms with Crippen LogP contribution in [0.1, 0.15) is 85.5 Å². The molecule has 0 N–H and O–H groups in total. The summed E-state index contributed by atoms with van der Waals surface area (Å²) in [5.41, 5.74) is 0.00419. The Labute approximate surface area is 126 Å². The van der Waals surface area contributed by atoms with Crippen LogP contribution in [-0.2, 0) is 4.74 Å². The van der Waals surface area contributed by atoms with Crippen molar-refractivity contribution in [3.8, 4) is 0 Å². The van der Waals surface area contributed by atoms with Gasteiger partial charge in [-0.2, -0.15) is 0 Å². The van der Waals surface area contributed by atoms with Gasteiger partial charge in [0.05, 0.1) is 5.60 Å². The number of unbranched alkanes of at least 4 members (excludes halogenated alkanes) is 5. The van der Waals surface area contributed by atoms with Gasteiger partial charge in [0, 0.05) is 12.5 Å². The Balaban J connectivity index is 3.98. The van der Waals surface area contributed by atoms with Gasteiger partial charge in [0.1, 0.15) is 0 Å². The van der Waals surface area contributed by atoms with Crippen molar-refractivity contribution in [2.45, 2.75) is 91.1 Å². The first-order valence-electron chi connectivity index (χ1n) is 8.28. The van der Waals surface area contributed by atoms with E-state index in [4.69, 9.17) is 16.3 Å². The number of ether oxygens (including phenoxy) is 1. The largest absolute Gasteiger partial charge is 0.376 e. The molecule has 0 bridgehead atoms. The van der Waals surface area contributed by atoms with E-state index in [9.17, 15) is 0 Å². The number of hydrogen-bond acceptors (Lipinski definition) is 1. The molecule has 2 heteroatoms. The van der Waals surface area contributed by atoms with Gasteiger partial charge in [0.15, 0.2) is 0 Å². The van der Waals surface area contributed by atoms with Crippen LogP contribution < -0.4 is 0 Å². The Morgan fingerprint density at radius 3 is 2.05 bits per heavy atom. The Bertz CT molecular complexity index is 192. The molecule has 0 aromatic heterocycles. The molecule has 0 aliphatic rings. The second-order valence-electron chi connectivity index (χ2n) is 6.12. The first-order chi connectivity index (χ1) is 9.08. The molecule has 1 atom stereocenters. The van der Waals surface area contributed by atoms with Crippen LogP contribution in [0.3, 0.4) is 0 Å². The molecule has 0 aliphatic heterocycles. The Kier molecular flexibility index (Phi) is 12.2. The summed E-state index contributed by atoms with van der Waals surface area (Å²) in [5.74, 6) is 1.42. The van der Waals surface area contributed by atoms with Crippen molar-refractivity contribution in [1.29, 1.82) is 0 Å². The number of alkyl halides is 1. The molecule has 19 heavy (non-hydrogen) atoms. The summed E-state index contributed by atoms with van der Waals surface area (Å²) in [6.45, 7) is 9.65. The minimum absolute atomic E-state index is 0.00419. The average molecular weight is 291 g/mol. The predicted octanol–water partition coefficient (Wildman–Crippen LogP) is 6.19. The summed E-state index contributed by atoms with van der Waals surface area (Å²) in [6, 6.07) is 0. The van der Waals surface area contributed by atoms with Gasteiger partial charge in [0.25, 0.3) is 0 Å². The van der Waals surface area contributed by atoms with E-state index < -0.39 is 0 Å². The third kappa shape index (κ3) is 9.73. The fourth-order valence-corrected chi connectivity index (χ4v) is 2.98. The minimum Gasteiger partial charge on any atom is -0.376 e. The van der Waals surface area contributed by atoms with E-state index in [0.29, 0.717) is 5.92 Å². The summed E-state index contributed by atoms with van der Waals surface area (Å²) in [7, 11) is 0. The molecule has 0 spiro atoms. The Hall–Kier alpha value is 0.250. The van der Waals surface area contributed by atoms with Crippen molar-refractivity contribution >= 4 is 11.6 Å². The fraction of sp³-hybridized carbons (Fsp3) is 1.00. The van der Waals surface area contributed by atoms with E-state index >= 15 is 0 Å². The van der Waals surface area contributed by atoms with Gasteiger partial charge in [0.2, 0.25) is 0 Å². The topological polar surface area (TPSA) is 9.23 Å². The highest BCUT2D eigenvalue weighted by atomic mass is 35.5. The lowest BCUT2D eigenvalue weighted by Crippen LogP contribution is -2.34. The summed E-state index contributed by atoms with van der Waals surface area (Å²) in [6.07, 6.45) is 11.8. The Morgan fingerprint density at radius 2 is 1.47 bits per heavy atom. The molecule has 1 nitrogen and oxygen atoms in total. The van der Waals surface area contributed by atoms with Crippen molar-refractivity contribution in [2.24, 2.45) is 5.92 Å². The SMILES string of the molecule is CCCCCCCCC(CCCCl)C(C)(C)OCC. The molecule has 1 unspecified atom stereocenters. The average Bonchev–Trinajstić information content (AvgIpc) is 2.36. The molecule has 0 aromatic carbocycles. The molecule has 0 fully saturated rings. The standard InChI is InChI=1S/C17H35ClO/c1-5-7-8-9-10-11-13-16(14-12-15-18)17(3,4)19-6-2/h16H,5-15H2,1-4H3. The van der Waals surface area contributed by atoms with Gasteiger partial charge in [-0.3, -0.25) is 0 Å². The highest BCUT2D eigenvalue weighted by Gasteiger charge is 2.28. The number of halogens is 1. The molecule has 0 radical (unpaired) electrons. The highest BCUT2D eigenvalue weighted by molar-refractivity contribution is 6.17. The van der Waals surface area contributed by atoms with Gasteiger partial charge in [-0.25, -0.2) is 0 Å². The second kappa shape index (κ2) is 12.0. The molecule has 0 saturated carbocycles.